The number of hydrogen-bond donors (Lipinski definition) is 1. The molecule has 6 heteroatoms. The molecule has 0 saturated carbocycles. The van der Waals surface area contributed by atoms with Crippen LogP contribution in [0.1, 0.15) is 42.3 Å². The molecule has 1 amide bonds. The molecule has 0 aromatic carbocycles. The average Bonchev–Trinajstić information content (AvgIpc) is 3.17. The van der Waals surface area contributed by atoms with Crippen molar-refractivity contribution in [2.24, 2.45) is 5.92 Å². The summed E-state index contributed by atoms with van der Waals surface area (Å²) in [6.45, 7) is 6.58. The van der Waals surface area contributed by atoms with Crippen molar-refractivity contribution in [1.29, 1.82) is 0 Å². The Bertz CT molecular complexity index is 490. The van der Waals surface area contributed by atoms with Crippen LogP contribution in [0.25, 0.3) is 0 Å². The zero-order valence-electron chi connectivity index (χ0n) is 12.6. The quantitative estimate of drug-likeness (QED) is 0.928. The van der Waals surface area contributed by atoms with E-state index in [0.717, 1.165) is 31.8 Å². The minimum Gasteiger partial charge on any atom is -0.375 e. The number of rotatable bonds is 3. The SMILES string of the molecule is C[C@H](C1CCN(C(=O)c2cnc(N)s2)CC1)N1CCCC1. The second kappa shape index (κ2) is 6.32. The molecule has 2 aliphatic heterocycles. The van der Waals surface area contributed by atoms with Gasteiger partial charge in [0, 0.05) is 19.1 Å². The van der Waals surface area contributed by atoms with Gasteiger partial charge in [-0.05, 0) is 51.6 Å². The molecule has 2 N–H and O–H groups in total. The van der Waals surface area contributed by atoms with E-state index in [1.165, 1.54) is 37.3 Å². The summed E-state index contributed by atoms with van der Waals surface area (Å²) in [6, 6.07) is 0.656. The largest absolute Gasteiger partial charge is 0.375 e. The van der Waals surface area contributed by atoms with E-state index in [1.54, 1.807) is 6.20 Å². The van der Waals surface area contributed by atoms with Gasteiger partial charge >= 0.3 is 0 Å². The number of likely N-dealkylation sites (tertiary alicyclic amines) is 2. The highest BCUT2D eigenvalue weighted by Crippen LogP contribution is 2.27. The van der Waals surface area contributed by atoms with E-state index in [-0.39, 0.29) is 5.91 Å². The lowest BCUT2D eigenvalue weighted by Gasteiger charge is -2.38. The molecule has 2 aliphatic rings. The van der Waals surface area contributed by atoms with E-state index in [4.69, 9.17) is 5.73 Å². The Morgan fingerprint density at radius 3 is 2.57 bits per heavy atom. The summed E-state index contributed by atoms with van der Waals surface area (Å²) in [5, 5.41) is 0.468. The van der Waals surface area contributed by atoms with Gasteiger partial charge in [0.1, 0.15) is 4.88 Å². The van der Waals surface area contributed by atoms with Crippen LogP contribution in [0.4, 0.5) is 5.13 Å². The summed E-state index contributed by atoms with van der Waals surface area (Å²) < 4.78 is 0. The summed E-state index contributed by atoms with van der Waals surface area (Å²) >= 11 is 1.28. The number of carbonyl (C=O) groups is 1. The molecule has 116 valence electrons. The Morgan fingerprint density at radius 2 is 2.00 bits per heavy atom. The molecule has 0 radical (unpaired) electrons. The highest BCUT2D eigenvalue weighted by atomic mass is 32.1. The number of piperidine rings is 1. The predicted molar refractivity (Wildman–Crippen MR) is 85.4 cm³/mol. The third kappa shape index (κ3) is 3.21. The molecule has 0 unspecified atom stereocenters. The average molecular weight is 308 g/mol. The number of anilines is 1. The van der Waals surface area contributed by atoms with Gasteiger partial charge in [-0.25, -0.2) is 4.98 Å². The number of nitrogens with zero attached hydrogens (tertiary/aromatic N) is 3. The normalized spacial score (nSPS) is 22.6. The fraction of sp³-hybridized carbons (Fsp3) is 0.733. The number of hydrogen-bond acceptors (Lipinski definition) is 5. The van der Waals surface area contributed by atoms with Crippen molar-refractivity contribution in [2.45, 2.75) is 38.6 Å². The number of nitrogens with two attached hydrogens (primary N) is 1. The molecule has 0 aliphatic carbocycles. The first kappa shape index (κ1) is 14.8. The third-order valence-electron chi connectivity index (χ3n) is 4.96. The van der Waals surface area contributed by atoms with Gasteiger partial charge in [0.15, 0.2) is 5.13 Å². The maximum absolute atomic E-state index is 12.4. The molecule has 21 heavy (non-hydrogen) atoms. The molecule has 1 atom stereocenters. The van der Waals surface area contributed by atoms with Crippen LogP contribution >= 0.6 is 11.3 Å². The van der Waals surface area contributed by atoms with E-state index < -0.39 is 0 Å². The Morgan fingerprint density at radius 1 is 1.33 bits per heavy atom. The molecule has 0 spiro atoms. The molecule has 3 heterocycles. The van der Waals surface area contributed by atoms with Gasteiger partial charge in [0.05, 0.1) is 6.20 Å². The lowest BCUT2D eigenvalue weighted by molar-refractivity contribution is 0.0628. The molecule has 2 saturated heterocycles. The second-order valence-corrected chi connectivity index (χ2v) is 7.24. The van der Waals surface area contributed by atoms with E-state index >= 15 is 0 Å². The van der Waals surface area contributed by atoms with Crippen LogP contribution in [0, 0.1) is 5.92 Å². The zero-order chi connectivity index (χ0) is 14.8. The highest BCUT2D eigenvalue weighted by Gasteiger charge is 2.31. The summed E-state index contributed by atoms with van der Waals surface area (Å²) in [7, 11) is 0. The van der Waals surface area contributed by atoms with Crippen LogP contribution in [-0.2, 0) is 0 Å². The molecular weight excluding hydrogens is 284 g/mol. The third-order valence-corrected chi connectivity index (χ3v) is 5.77. The number of aromatic nitrogens is 1. The number of nitrogen functional groups attached to an aromatic ring is 1. The molecule has 3 rings (SSSR count). The van der Waals surface area contributed by atoms with E-state index in [9.17, 15) is 4.79 Å². The van der Waals surface area contributed by atoms with E-state index in [2.05, 4.69) is 16.8 Å². The minimum atomic E-state index is 0.0940. The number of thiazole rings is 1. The summed E-state index contributed by atoms with van der Waals surface area (Å²) in [5.41, 5.74) is 5.61. The smallest absolute Gasteiger partial charge is 0.265 e. The molecule has 1 aromatic rings. The first-order valence-corrected chi connectivity index (χ1v) is 8.71. The van der Waals surface area contributed by atoms with Crippen LogP contribution in [0.15, 0.2) is 6.20 Å². The molecule has 0 bridgehead atoms. The molecular formula is C15H24N4OS. The van der Waals surface area contributed by atoms with Crippen molar-refractivity contribution < 1.29 is 4.79 Å². The Labute approximate surface area is 130 Å². The number of amides is 1. The van der Waals surface area contributed by atoms with Crippen LogP contribution in [0.2, 0.25) is 0 Å². The summed E-state index contributed by atoms with van der Waals surface area (Å²) in [6.07, 6.45) is 6.50. The maximum atomic E-state index is 12.4. The first-order valence-electron chi connectivity index (χ1n) is 7.90. The van der Waals surface area contributed by atoms with Gasteiger partial charge in [-0.1, -0.05) is 11.3 Å². The lowest BCUT2D eigenvalue weighted by Crippen LogP contribution is -2.44. The first-order chi connectivity index (χ1) is 10.1. The highest BCUT2D eigenvalue weighted by molar-refractivity contribution is 7.17. The van der Waals surface area contributed by atoms with E-state index in [1.807, 2.05) is 4.90 Å². The van der Waals surface area contributed by atoms with Crippen molar-refractivity contribution in [1.82, 2.24) is 14.8 Å². The van der Waals surface area contributed by atoms with Gasteiger partial charge in [-0.15, -0.1) is 0 Å². The molecule has 5 nitrogen and oxygen atoms in total. The van der Waals surface area contributed by atoms with Crippen molar-refractivity contribution in [3.05, 3.63) is 11.1 Å². The Kier molecular flexibility index (Phi) is 4.45. The van der Waals surface area contributed by atoms with Gasteiger partial charge in [0.25, 0.3) is 5.91 Å². The van der Waals surface area contributed by atoms with Crippen molar-refractivity contribution >= 4 is 22.4 Å². The Balaban J connectivity index is 1.53. The van der Waals surface area contributed by atoms with Crippen LogP contribution in [-0.4, -0.2) is 52.9 Å². The van der Waals surface area contributed by atoms with Crippen molar-refractivity contribution in [3.8, 4) is 0 Å². The van der Waals surface area contributed by atoms with Crippen LogP contribution in [0.5, 0.6) is 0 Å². The summed E-state index contributed by atoms with van der Waals surface area (Å²) in [5.74, 6) is 0.815. The maximum Gasteiger partial charge on any atom is 0.265 e. The Hall–Kier alpha value is -1.14. The summed E-state index contributed by atoms with van der Waals surface area (Å²) in [4.78, 5) is 21.6. The fourth-order valence-electron chi connectivity index (χ4n) is 3.57. The monoisotopic (exact) mass is 308 g/mol. The fourth-order valence-corrected chi connectivity index (χ4v) is 4.23. The van der Waals surface area contributed by atoms with Gasteiger partial charge in [-0.2, -0.15) is 0 Å². The lowest BCUT2D eigenvalue weighted by atomic mass is 9.89. The van der Waals surface area contributed by atoms with Gasteiger partial charge in [-0.3, -0.25) is 4.79 Å². The van der Waals surface area contributed by atoms with Crippen LogP contribution < -0.4 is 5.73 Å². The minimum absolute atomic E-state index is 0.0940. The van der Waals surface area contributed by atoms with E-state index in [0.29, 0.717) is 16.1 Å². The predicted octanol–water partition coefficient (Wildman–Crippen LogP) is 2.06. The second-order valence-electron chi connectivity index (χ2n) is 6.18. The zero-order valence-corrected chi connectivity index (χ0v) is 13.4. The van der Waals surface area contributed by atoms with Gasteiger partial charge in [0.2, 0.25) is 0 Å². The number of carbonyl (C=O) groups excluding carboxylic acids is 1. The van der Waals surface area contributed by atoms with Crippen molar-refractivity contribution in [3.63, 3.8) is 0 Å². The standard InChI is InChI=1S/C15H24N4OS/c1-11(18-6-2-3-7-18)12-4-8-19(9-5-12)14(20)13-10-17-15(16)21-13/h10-12H,2-9H2,1H3,(H2,16,17)/t11-/m1/s1. The van der Waals surface area contributed by atoms with Crippen LogP contribution in [0.3, 0.4) is 0 Å². The molecule has 2 fully saturated rings. The van der Waals surface area contributed by atoms with Crippen molar-refractivity contribution in [2.75, 3.05) is 31.9 Å². The molecule has 1 aromatic heterocycles. The topological polar surface area (TPSA) is 62.5 Å². The van der Waals surface area contributed by atoms with Gasteiger partial charge < -0.3 is 15.5 Å².